The van der Waals surface area contributed by atoms with Crippen LogP contribution >= 0.6 is 31.9 Å². The van der Waals surface area contributed by atoms with Crippen LogP contribution in [-0.4, -0.2) is 18.2 Å². The molecule has 20 heavy (non-hydrogen) atoms. The molecule has 0 aliphatic carbocycles. The number of nitrogens with zero attached hydrogens (tertiary/aromatic N) is 2. The summed E-state index contributed by atoms with van der Waals surface area (Å²) in [6.45, 7) is 0.102. The first-order valence-electron chi connectivity index (χ1n) is 5.52. The van der Waals surface area contributed by atoms with Crippen molar-refractivity contribution in [2.45, 2.75) is 11.4 Å². The van der Waals surface area contributed by atoms with E-state index in [4.69, 9.17) is 5.73 Å². The number of halogens is 2. The molecular weight excluding hydrogens is 412 g/mol. The van der Waals surface area contributed by atoms with Crippen molar-refractivity contribution >= 4 is 47.6 Å². The zero-order chi connectivity index (χ0) is 14.9. The SMILES string of the molecule is Cn1ccc(CNS(=O)(=O)c2c(N)cc(Br)cc2Br)n1. The molecular formula is C11H12Br2N4O2S. The maximum atomic E-state index is 12.3. The third-order valence-corrected chi connectivity index (χ3v) is 5.38. The highest BCUT2D eigenvalue weighted by Gasteiger charge is 2.21. The molecule has 0 aliphatic rings. The zero-order valence-electron chi connectivity index (χ0n) is 10.5. The van der Waals surface area contributed by atoms with Gasteiger partial charge in [0.2, 0.25) is 10.0 Å². The first-order valence-corrected chi connectivity index (χ1v) is 8.59. The number of nitrogens with one attached hydrogen (secondary N) is 1. The van der Waals surface area contributed by atoms with Gasteiger partial charge in [-0.2, -0.15) is 5.10 Å². The molecule has 2 rings (SSSR count). The number of rotatable bonds is 4. The summed E-state index contributed by atoms with van der Waals surface area (Å²) in [5.74, 6) is 0. The van der Waals surface area contributed by atoms with Crippen LogP contribution < -0.4 is 10.5 Å². The van der Waals surface area contributed by atoms with E-state index in [0.29, 0.717) is 14.6 Å². The Balaban J connectivity index is 2.27. The van der Waals surface area contributed by atoms with Crippen molar-refractivity contribution in [3.8, 4) is 0 Å². The van der Waals surface area contributed by atoms with Crippen molar-refractivity contribution in [1.29, 1.82) is 0 Å². The smallest absolute Gasteiger partial charge is 0.244 e. The highest BCUT2D eigenvalue weighted by atomic mass is 79.9. The molecule has 0 spiro atoms. The summed E-state index contributed by atoms with van der Waals surface area (Å²) in [4.78, 5) is 0.0247. The largest absolute Gasteiger partial charge is 0.398 e. The average molecular weight is 424 g/mol. The fourth-order valence-electron chi connectivity index (χ4n) is 1.66. The van der Waals surface area contributed by atoms with Crippen LogP contribution in [0.5, 0.6) is 0 Å². The van der Waals surface area contributed by atoms with Crippen LogP contribution in [0, 0.1) is 0 Å². The van der Waals surface area contributed by atoms with Crippen LogP contribution in [0.2, 0.25) is 0 Å². The van der Waals surface area contributed by atoms with Crippen LogP contribution in [0.25, 0.3) is 0 Å². The molecule has 0 saturated heterocycles. The lowest BCUT2D eigenvalue weighted by atomic mass is 10.3. The van der Waals surface area contributed by atoms with Gasteiger partial charge in [-0.05, 0) is 34.1 Å². The van der Waals surface area contributed by atoms with Gasteiger partial charge in [0.25, 0.3) is 0 Å². The molecule has 0 saturated carbocycles. The first-order chi connectivity index (χ1) is 9.29. The molecule has 0 fully saturated rings. The predicted octanol–water partition coefficient (Wildman–Crippen LogP) is 2.01. The van der Waals surface area contributed by atoms with Crippen molar-refractivity contribution < 1.29 is 8.42 Å². The molecule has 2 aromatic rings. The number of anilines is 1. The van der Waals surface area contributed by atoms with E-state index < -0.39 is 10.0 Å². The van der Waals surface area contributed by atoms with E-state index in [1.165, 1.54) is 0 Å². The van der Waals surface area contributed by atoms with E-state index in [0.717, 1.165) is 0 Å². The Morgan fingerprint density at radius 3 is 2.65 bits per heavy atom. The highest BCUT2D eigenvalue weighted by Crippen LogP contribution is 2.31. The lowest BCUT2D eigenvalue weighted by molar-refractivity contribution is 0.579. The average Bonchev–Trinajstić information content (AvgIpc) is 2.71. The van der Waals surface area contributed by atoms with Crippen LogP contribution in [0.4, 0.5) is 5.69 Å². The number of benzene rings is 1. The second-order valence-corrected chi connectivity index (χ2v) is 7.59. The van der Waals surface area contributed by atoms with Crippen molar-refractivity contribution in [2.75, 3.05) is 5.73 Å². The van der Waals surface area contributed by atoms with E-state index in [1.807, 2.05) is 0 Å². The fourth-order valence-corrected chi connectivity index (χ4v) is 4.73. The summed E-state index contributed by atoms with van der Waals surface area (Å²) < 4.78 is 29.8. The summed E-state index contributed by atoms with van der Waals surface area (Å²) in [5, 5.41) is 4.11. The molecule has 0 unspecified atom stereocenters. The summed E-state index contributed by atoms with van der Waals surface area (Å²) in [5.41, 5.74) is 6.58. The molecule has 0 atom stereocenters. The molecule has 0 bridgehead atoms. The number of hydrogen-bond acceptors (Lipinski definition) is 4. The van der Waals surface area contributed by atoms with Crippen LogP contribution in [-0.2, 0) is 23.6 Å². The summed E-state index contributed by atoms with van der Waals surface area (Å²) >= 11 is 6.47. The van der Waals surface area contributed by atoms with Crippen LogP contribution in [0.3, 0.4) is 0 Å². The van der Waals surface area contributed by atoms with Gasteiger partial charge in [-0.25, -0.2) is 13.1 Å². The number of nitrogens with two attached hydrogens (primary N) is 1. The minimum atomic E-state index is -3.72. The molecule has 3 N–H and O–H groups in total. The summed E-state index contributed by atoms with van der Waals surface area (Å²) in [6.07, 6.45) is 1.74. The molecule has 1 heterocycles. The molecule has 9 heteroatoms. The van der Waals surface area contributed by atoms with E-state index in [-0.39, 0.29) is 17.1 Å². The maximum Gasteiger partial charge on any atom is 0.244 e. The van der Waals surface area contributed by atoms with Gasteiger partial charge in [-0.1, -0.05) is 15.9 Å². The number of hydrogen-bond donors (Lipinski definition) is 2. The highest BCUT2D eigenvalue weighted by molar-refractivity contribution is 9.11. The second-order valence-electron chi connectivity index (χ2n) is 4.11. The van der Waals surface area contributed by atoms with E-state index in [1.54, 1.807) is 36.1 Å². The molecule has 0 amide bonds. The minimum Gasteiger partial charge on any atom is -0.398 e. The minimum absolute atomic E-state index is 0.0247. The Morgan fingerprint density at radius 1 is 1.40 bits per heavy atom. The Bertz CT molecular complexity index is 720. The van der Waals surface area contributed by atoms with Gasteiger partial charge >= 0.3 is 0 Å². The lowest BCUT2D eigenvalue weighted by Crippen LogP contribution is -2.25. The van der Waals surface area contributed by atoms with Gasteiger partial charge in [-0.15, -0.1) is 0 Å². The number of nitrogen functional groups attached to an aromatic ring is 1. The standard InChI is InChI=1S/C11H12Br2N4O2S/c1-17-3-2-8(16-17)6-15-20(18,19)11-9(13)4-7(12)5-10(11)14/h2-5,15H,6,14H2,1H3. The first kappa shape index (κ1) is 15.5. The quantitative estimate of drug-likeness (QED) is 0.736. The Morgan fingerprint density at radius 2 is 2.10 bits per heavy atom. The van der Waals surface area contributed by atoms with E-state index in [2.05, 4.69) is 41.7 Å². The molecule has 108 valence electrons. The third kappa shape index (κ3) is 3.40. The van der Waals surface area contributed by atoms with Gasteiger partial charge in [0, 0.05) is 22.2 Å². The number of aromatic nitrogens is 2. The summed E-state index contributed by atoms with van der Waals surface area (Å²) in [6, 6.07) is 4.91. The Labute approximate surface area is 133 Å². The second kappa shape index (κ2) is 5.84. The van der Waals surface area contributed by atoms with Crippen molar-refractivity contribution in [2.24, 2.45) is 7.05 Å². The van der Waals surface area contributed by atoms with Crippen molar-refractivity contribution in [3.05, 3.63) is 39.0 Å². The zero-order valence-corrected chi connectivity index (χ0v) is 14.5. The van der Waals surface area contributed by atoms with Crippen molar-refractivity contribution in [3.63, 3.8) is 0 Å². The molecule has 1 aromatic carbocycles. The van der Waals surface area contributed by atoms with Gasteiger partial charge in [0.1, 0.15) is 4.90 Å². The molecule has 1 aromatic heterocycles. The molecule has 6 nitrogen and oxygen atoms in total. The van der Waals surface area contributed by atoms with E-state index >= 15 is 0 Å². The van der Waals surface area contributed by atoms with Gasteiger partial charge in [0.05, 0.1) is 17.9 Å². The molecule has 0 aliphatic heterocycles. The molecule has 0 radical (unpaired) electrons. The van der Waals surface area contributed by atoms with Gasteiger partial charge in [0.15, 0.2) is 0 Å². The van der Waals surface area contributed by atoms with E-state index in [9.17, 15) is 8.42 Å². The van der Waals surface area contributed by atoms with Gasteiger partial charge in [-0.3, -0.25) is 4.68 Å². The van der Waals surface area contributed by atoms with Crippen LogP contribution in [0.1, 0.15) is 5.69 Å². The maximum absolute atomic E-state index is 12.3. The predicted molar refractivity (Wildman–Crippen MR) is 83.5 cm³/mol. The topological polar surface area (TPSA) is 90.0 Å². The third-order valence-electron chi connectivity index (χ3n) is 2.52. The number of aryl methyl sites for hydroxylation is 1. The normalized spacial score (nSPS) is 11.8. The van der Waals surface area contributed by atoms with Crippen LogP contribution in [0.15, 0.2) is 38.2 Å². The van der Waals surface area contributed by atoms with Crippen molar-refractivity contribution in [1.82, 2.24) is 14.5 Å². The fraction of sp³-hybridized carbons (Fsp3) is 0.182. The lowest BCUT2D eigenvalue weighted by Gasteiger charge is -2.10. The Kier molecular flexibility index (Phi) is 4.52. The summed E-state index contributed by atoms with van der Waals surface area (Å²) in [7, 11) is -1.95. The Hall–Kier alpha value is -0.900. The number of sulfonamides is 1. The van der Waals surface area contributed by atoms with Gasteiger partial charge < -0.3 is 5.73 Å². The monoisotopic (exact) mass is 422 g/mol.